The maximum absolute atomic E-state index is 11.8. The lowest BCUT2D eigenvalue weighted by molar-refractivity contribution is -0.146. The lowest BCUT2D eigenvalue weighted by Gasteiger charge is -2.47. The molecule has 0 bridgehead atoms. The average molecular weight is 287 g/mol. The van der Waals surface area contributed by atoms with Crippen LogP contribution in [-0.2, 0) is 17.8 Å². The third-order valence-corrected chi connectivity index (χ3v) is 5.44. The summed E-state index contributed by atoms with van der Waals surface area (Å²) in [7, 11) is 0. The van der Waals surface area contributed by atoms with Crippen LogP contribution in [-0.4, -0.2) is 28.1 Å². The summed E-state index contributed by atoms with van der Waals surface area (Å²) in [5.74, 6) is 0.496. The summed E-state index contributed by atoms with van der Waals surface area (Å²) in [6.45, 7) is 5.37. The number of benzene rings is 1. The Balaban J connectivity index is 1.93. The fraction of sp³-hybridized carbons (Fsp3) is 0.611. The van der Waals surface area contributed by atoms with E-state index in [1.807, 2.05) is 6.07 Å². The van der Waals surface area contributed by atoms with E-state index in [2.05, 4.69) is 36.9 Å². The summed E-state index contributed by atoms with van der Waals surface area (Å²) in [5.41, 5.74) is 2.51. The van der Waals surface area contributed by atoms with Crippen molar-refractivity contribution < 1.29 is 9.90 Å². The van der Waals surface area contributed by atoms with Crippen LogP contribution in [0.4, 0.5) is 0 Å². The van der Waals surface area contributed by atoms with Crippen LogP contribution in [0.3, 0.4) is 0 Å². The van der Waals surface area contributed by atoms with Crippen molar-refractivity contribution in [3.05, 3.63) is 35.4 Å². The lowest BCUT2D eigenvalue weighted by atomic mass is 9.76. The molecule has 1 saturated carbocycles. The highest BCUT2D eigenvalue weighted by atomic mass is 16.4. The molecule has 114 valence electrons. The first kappa shape index (κ1) is 14.6. The molecule has 1 heterocycles. The number of aliphatic carboxylic acids is 1. The highest BCUT2D eigenvalue weighted by molar-refractivity contribution is 5.74. The number of nitrogens with zero attached hydrogens (tertiary/aromatic N) is 1. The molecule has 1 aliphatic carbocycles. The Morgan fingerprint density at radius 2 is 1.76 bits per heavy atom. The van der Waals surface area contributed by atoms with Crippen LogP contribution in [0, 0.1) is 11.8 Å². The molecule has 3 atom stereocenters. The van der Waals surface area contributed by atoms with Gasteiger partial charge in [-0.05, 0) is 42.2 Å². The van der Waals surface area contributed by atoms with Crippen LogP contribution in [0.2, 0.25) is 0 Å². The summed E-state index contributed by atoms with van der Waals surface area (Å²) < 4.78 is 0. The second-order valence-corrected chi connectivity index (χ2v) is 6.88. The number of hydrogen-bond acceptors (Lipinski definition) is 2. The Bertz CT molecular complexity index is 518. The first-order valence-corrected chi connectivity index (χ1v) is 8.13. The number of rotatable bonds is 2. The van der Waals surface area contributed by atoms with Gasteiger partial charge < -0.3 is 5.11 Å². The number of hydrogen-bond donors (Lipinski definition) is 1. The van der Waals surface area contributed by atoms with Crippen molar-refractivity contribution in [2.24, 2.45) is 11.8 Å². The molecule has 21 heavy (non-hydrogen) atoms. The van der Waals surface area contributed by atoms with Gasteiger partial charge in [-0.25, -0.2) is 0 Å². The second-order valence-electron chi connectivity index (χ2n) is 6.88. The average Bonchev–Trinajstić information content (AvgIpc) is 2.46. The summed E-state index contributed by atoms with van der Waals surface area (Å²) in [4.78, 5) is 14.1. The van der Waals surface area contributed by atoms with Gasteiger partial charge in [-0.3, -0.25) is 9.69 Å². The molecule has 2 aliphatic rings. The Morgan fingerprint density at radius 1 is 1.14 bits per heavy atom. The van der Waals surface area contributed by atoms with E-state index >= 15 is 0 Å². The van der Waals surface area contributed by atoms with Gasteiger partial charge in [-0.2, -0.15) is 0 Å². The van der Waals surface area contributed by atoms with Gasteiger partial charge in [0.2, 0.25) is 0 Å². The first-order chi connectivity index (χ1) is 10.1. The Labute approximate surface area is 127 Å². The molecule has 1 aromatic rings. The largest absolute Gasteiger partial charge is 0.480 e. The van der Waals surface area contributed by atoms with E-state index in [1.165, 1.54) is 30.4 Å². The van der Waals surface area contributed by atoms with E-state index in [-0.39, 0.29) is 6.04 Å². The highest BCUT2D eigenvalue weighted by Crippen LogP contribution is 2.37. The van der Waals surface area contributed by atoms with E-state index in [0.717, 1.165) is 6.54 Å². The molecule has 0 radical (unpaired) electrons. The molecule has 3 nitrogen and oxygen atoms in total. The SMILES string of the molecule is CC1CCCC(C)C1N1Cc2ccccc2CC1C(=O)O. The van der Waals surface area contributed by atoms with Gasteiger partial charge in [0.15, 0.2) is 0 Å². The van der Waals surface area contributed by atoms with Crippen molar-refractivity contribution in [2.45, 2.75) is 58.2 Å². The molecular weight excluding hydrogens is 262 g/mol. The van der Waals surface area contributed by atoms with Gasteiger partial charge in [0.05, 0.1) is 0 Å². The topological polar surface area (TPSA) is 40.5 Å². The van der Waals surface area contributed by atoms with Crippen LogP contribution in [0.5, 0.6) is 0 Å². The molecule has 1 aliphatic heterocycles. The minimum absolute atomic E-state index is 0.368. The lowest BCUT2D eigenvalue weighted by Crippen LogP contribution is -2.55. The van der Waals surface area contributed by atoms with Gasteiger partial charge >= 0.3 is 5.97 Å². The first-order valence-electron chi connectivity index (χ1n) is 8.13. The van der Waals surface area contributed by atoms with Gasteiger partial charge in [0.25, 0.3) is 0 Å². The van der Waals surface area contributed by atoms with Crippen LogP contribution in [0.25, 0.3) is 0 Å². The van der Waals surface area contributed by atoms with Crippen molar-refractivity contribution in [2.75, 3.05) is 0 Å². The Kier molecular flexibility index (Phi) is 4.03. The number of carboxylic acids is 1. The molecule has 3 heteroatoms. The summed E-state index contributed by atoms with van der Waals surface area (Å²) >= 11 is 0. The predicted molar refractivity (Wildman–Crippen MR) is 83.1 cm³/mol. The van der Waals surface area contributed by atoms with Gasteiger partial charge in [0, 0.05) is 12.6 Å². The molecule has 1 aromatic carbocycles. The van der Waals surface area contributed by atoms with Crippen LogP contribution >= 0.6 is 0 Å². The monoisotopic (exact) mass is 287 g/mol. The molecule has 0 saturated heterocycles. The Morgan fingerprint density at radius 3 is 2.38 bits per heavy atom. The van der Waals surface area contributed by atoms with Crippen LogP contribution in [0.15, 0.2) is 24.3 Å². The number of carboxylic acid groups (broad SMARTS) is 1. The molecule has 0 amide bonds. The fourth-order valence-electron chi connectivity index (χ4n) is 4.40. The number of carbonyl (C=O) groups is 1. The maximum atomic E-state index is 11.8. The molecule has 3 unspecified atom stereocenters. The zero-order valence-electron chi connectivity index (χ0n) is 13.0. The van der Waals surface area contributed by atoms with E-state index in [4.69, 9.17) is 0 Å². The third-order valence-electron chi connectivity index (χ3n) is 5.44. The smallest absolute Gasteiger partial charge is 0.321 e. The normalized spacial score (nSPS) is 33.4. The zero-order chi connectivity index (χ0) is 15.0. The second kappa shape index (κ2) is 5.80. The van der Waals surface area contributed by atoms with Crippen molar-refractivity contribution in [3.8, 4) is 0 Å². The van der Waals surface area contributed by atoms with Crippen molar-refractivity contribution in [3.63, 3.8) is 0 Å². The fourth-order valence-corrected chi connectivity index (χ4v) is 4.40. The maximum Gasteiger partial charge on any atom is 0.321 e. The van der Waals surface area contributed by atoms with Crippen molar-refractivity contribution in [1.82, 2.24) is 4.90 Å². The Hall–Kier alpha value is -1.35. The van der Waals surface area contributed by atoms with E-state index in [1.54, 1.807) is 0 Å². The summed E-state index contributed by atoms with van der Waals surface area (Å²) in [6, 6.07) is 8.33. The molecule has 0 spiro atoms. The highest BCUT2D eigenvalue weighted by Gasteiger charge is 2.41. The quantitative estimate of drug-likeness (QED) is 0.907. The molecule has 0 aromatic heterocycles. The van der Waals surface area contributed by atoms with Crippen molar-refractivity contribution in [1.29, 1.82) is 0 Å². The summed E-state index contributed by atoms with van der Waals surface area (Å²) in [5, 5.41) is 9.70. The van der Waals surface area contributed by atoms with Crippen molar-refractivity contribution >= 4 is 5.97 Å². The van der Waals surface area contributed by atoms with Gasteiger partial charge in [-0.15, -0.1) is 0 Å². The molecular formula is C18H25NO2. The molecule has 1 N–H and O–H groups in total. The molecule has 1 fully saturated rings. The zero-order valence-corrected chi connectivity index (χ0v) is 13.0. The van der Waals surface area contributed by atoms with E-state index in [9.17, 15) is 9.90 Å². The number of fused-ring (bicyclic) bond motifs is 1. The van der Waals surface area contributed by atoms with E-state index in [0.29, 0.717) is 24.3 Å². The predicted octanol–water partition coefficient (Wildman–Crippen LogP) is 3.32. The summed E-state index contributed by atoms with van der Waals surface area (Å²) in [6.07, 6.45) is 4.36. The third kappa shape index (κ3) is 2.71. The van der Waals surface area contributed by atoms with E-state index < -0.39 is 5.97 Å². The minimum atomic E-state index is -0.672. The van der Waals surface area contributed by atoms with Crippen LogP contribution in [0.1, 0.15) is 44.2 Å². The van der Waals surface area contributed by atoms with Crippen LogP contribution < -0.4 is 0 Å². The molecule has 3 rings (SSSR count). The van der Waals surface area contributed by atoms with Gasteiger partial charge in [-0.1, -0.05) is 44.5 Å². The standard InChI is InChI=1S/C18H25NO2/c1-12-6-5-7-13(2)17(12)19-11-15-9-4-3-8-14(15)10-16(19)18(20)21/h3-4,8-9,12-13,16-17H,5-7,10-11H2,1-2H3,(H,20,21). The van der Waals surface area contributed by atoms with Gasteiger partial charge in [0.1, 0.15) is 6.04 Å². The minimum Gasteiger partial charge on any atom is -0.480 e.